The number of fused-ring (bicyclic) bond motifs is 1. The third-order valence-electron chi connectivity index (χ3n) is 6.87. The highest BCUT2D eigenvalue weighted by molar-refractivity contribution is 6.20. The molecule has 0 N–H and O–H groups in total. The second kappa shape index (κ2) is 10.6. The van der Waals surface area contributed by atoms with Gasteiger partial charge in [0.15, 0.2) is 11.6 Å². The summed E-state index contributed by atoms with van der Waals surface area (Å²) in [5, 5.41) is 2.86. The highest BCUT2D eigenvalue weighted by Crippen LogP contribution is 2.40. The maximum absolute atomic E-state index is 13.8. The number of aromatic nitrogens is 3. The van der Waals surface area contributed by atoms with Crippen LogP contribution in [0, 0.1) is 16.6 Å². The summed E-state index contributed by atoms with van der Waals surface area (Å²) in [5.74, 6) is -0.989. The maximum Gasteiger partial charge on any atom is 0.304 e. The number of nitroso groups, excluding NO2 is 1. The monoisotopic (exact) mass is 505 g/mol. The molecule has 1 atom stereocenters. The summed E-state index contributed by atoms with van der Waals surface area (Å²) in [6.45, 7) is 0.417. The molecule has 1 fully saturated rings. The van der Waals surface area contributed by atoms with Gasteiger partial charge < -0.3 is 4.74 Å². The van der Waals surface area contributed by atoms with Crippen LogP contribution < -0.4 is 9.64 Å². The largest absolute Gasteiger partial charge is 0.425 e. The number of amides is 1. The summed E-state index contributed by atoms with van der Waals surface area (Å²) in [4.78, 5) is 47.6. The third-order valence-corrected chi connectivity index (χ3v) is 6.87. The number of hydrogen-bond acceptors (Lipinski definition) is 7. The van der Waals surface area contributed by atoms with Crippen molar-refractivity contribution in [3.8, 4) is 11.8 Å². The van der Waals surface area contributed by atoms with Gasteiger partial charge in [-0.15, -0.1) is 0 Å². The van der Waals surface area contributed by atoms with E-state index < -0.39 is 11.7 Å². The molecule has 0 bridgehead atoms. The maximum atomic E-state index is 13.8. The molecule has 0 radical (unpaired) electrons. The van der Waals surface area contributed by atoms with Crippen LogP contribution in [0.2, 0.25) is 0 Å². The number of carbonyl (C=O) groups excluding carboxylic acids is 2. The van der Waals surface area contributed by atoms with E-state index in [9.17, 15) is 18.9 Å². The molecule has 1 aliphatic heterocycles. The van der Waals surface area contributed by atoms with Gasteiger partial charge >= 0.3 is 6.01 Å². The van der Waals surface area contributed by atoms with Crippen LogP contribution in [-0.2, 0) is 11.3 Å². The first-order valence-electron chi connectivity index (χ1n) is 12.6. The van der Waals surface area contributed by atoms with Crippen LogP contribution in [0.25, 0.3) is 0 Å². The minimum absolute atomic E-state index is 0.0781. The fourth-order valence-corrected chi connectivity index (χ4v) is 4.68. The van der Waals surface area contributed by atoms with Gasteiger partial charge in [-0.25, -0.2) is 4.39 Å². The zero-order valence-electron chi connectivity index (χ0n) is 20.6. The van der Waals surface area contributed by atoms with Crippen LogP contribution in [0.3, 0.4) is 0 Å². The predicted molar refractivity (Wildman–Crippen MR) is 134 cm³/mol. The highest BCUT2D eigenvalue weighted by Gasteiger charge is 2.42. The van der Waals surface area contributed by atoms with Crippen molar-refractivity contribution >= 4 is 17.5 Å². The van der Waals surface area contributed by atoms with Crippen LogP contribution in [-0.4, -0.2) is 39.8 Å². The lowest BCUT2D eigenvalue weighted by atomic mass is 9.90. The Morgan fingerprint density at radius 1 is 1.14 bits per heavy atom. The molecule has 0 saturated heterocycles. The normalized spacial score (nSPS) is 17.1. The second-order valence-corrected chi connectivity index (χ2v) is 9.59. The molecule has 1 aliphatic carbocycles. The molecule has 1 aromatic carbocycles. The zero-order chi connectivity index (χ0) is 25.9. The van der Waals surface area contributed by atoms with Crippen molar-refractivity contribution in [1.82, 2.24) is 14.5 Å². The van der Waals surface area contributed by atoms with Crippen molar-refractivity contribution in [2.75, 3.05) is 18.5 Å². The predicted octanol–water partition coefficient (Wildman–Crippen LogP) is 5.24. The van der Waals surface area contributed by atoms with E-state index in [4.69, 9.17) is 4.74 Å². The smallest absolute Gasteiger partial charge is 0.304 e. The SMILES string of the molecule is CN1C(=O)C(CCCCCN=O)C(=O)c2c1nc(Oc1cccc(F)c1)n2Cc1ccc(C2CC2)cn1. The Morgan fingerprint density at radius 2 is 1.97 bits per heavy atom. The van der Waals surface area contributed by atoms with Gasteiger partial charge in [0, 0.05) is 19.3 Å². The first kappa shape index (κ1) is 24.7. The number of rotatable bonds is 11. The number of nitrogens with zero attached hydrogens (tertiary/aromatic N) is 5. The van der Waals surface area contributed by atoms with E-state index in [1.165, 1.54) is 41.5 Å². The summed E-state index contributed by atoms with van der Waals surface area (Å²) in [7, 11) is 1.59. The number of pyridine rings is 1. The van der Waals surface area contributed by atoms with Crippen molar-refractivity contribution < 1.29 is 18.7 Å². The van der Waals surface area contributed by atoms with Gasteiger partial charge in [-0.1, -0.05) is 30.2 Å². The summed E-state index contributed by atoms with van der Waals surface area (Å²) in [6.07, 6.45) is 6.49. The number of imidazole rings is 1. The molecule has 2 aromatic heterocycles. The second-order valence-electron chi connectivity index (χ2n) is 9.59. The number of ketones is 1. The van der Waals surface area contributed by atoms with Gasteiger partial charge in [-0.3, -0.25) is 24.0 Å². The van der Waals surface area contributed by atoms with Crippen molar-refractivity contribution in [3.05, 3.63) is 70.3 Å². The topological polar surface area (TPSA) is 107 Å². The molecule has 0 spiro atoms. The Hall–Kier alpha value is -3.95. The Balaban J connectivity index is 1.48. The minimum atomic E-state index is -0.857. The van der Waals surface area contributed by atoms with Gasteiger partial charge in [0.1, 0.15) is 23.2 Å². The molecule has 192 valence electrons. The van der Waals surface area contributed by atoms with Crippen molar-refractivity contribution in [1.29, 1.82) is 0 Å². The van der Waals surface area contributed by atoms with Crippen LogP contribution in [0.4, 0.5) is 10.2 Å². The average Bonchev–Trinajstić information content (AvgIpc) is 3.68. The number of hydrogen-bond donors (Lipinski definition) is 0. The van der Waals surface area contributed by atoms with Gasteiger partial charge in [0.05, 0.1) is 18.8 Å². The first-order chi connectivity index (χ1) is 18.0. The molecule has 5 rings (SSSR count). The van der Waals surface area contributed by atoms with Crippen molar-refractivity contribution in [2.24, 2.45) is 11.1 Å². The van der Waals surface area contributed by atoms with Crippen molar-refractivity contribution in [2.45, 2.75) is 51.0 Å². The quantitative estimate of drug-likeness (QED) is 0.200. The molecule has 1 amide bonds. The Labute approximate surface area is 213 Å². The molecule has 1 saturated carbocycles. The van der Waals surface area contributed by atoms with E-state index >= 15 is 0 Å². The van der Waals surface area contributed by atoms with Gasteiger partial charge in [-0.05, 0) is 55.4 Å². The summed E-state index contributed by atoms with van der Waals surface area (Å²) in [6, 6.07) is 9.70. The van der Waals surface area contributed by atoms with Crippen LogP contribution in [0.15, 0.2) is 47.8 Å². The van der Waals surface area contributed by atoms with Gasteiger partial charge in [0.2, 0.25) is 5.91 Å². The summed E-state index contributed by atoms with van der Waals surface area (Å²) < 4.78 is 21.4. The fourth-order valence-electron chi connectivity index (χ4n) is 4.68. The summed E-state index contributed by atoms with van der Waals surface area (Å²) >= 11 is 0. The van der Waals surface area contributed by atoms with Crippen molar-refractivity contribution in [3.63, 3.8) is 0 Å². The molecular weight excluding hydrogens is 477 g/mol. The molecule has 2 aliphatic rings. The Bertz CT molecular complexity index is 1320. The molecular formula is C27H28FN5O4. The average molecular weight is 506 g/mol. The van der Waals surface area contributed by atoms with E-state index in [1.54, 1.807) is 17.7 Å². The number of benzene rings is 1. The van der Waals surface area contributed by atoms with Crippen LogP contribution >= 0.6 is 0 Å². The lowest BCUT2D eigenvalue weighted by Gasteiger charge is -2.27. The standard InChI is InChI=1S/C27H28FN5O4/c1-32-25-23(24(34)22(26(32)35)8-3-2-4-13-30-36)33(16-20-12-11-18(15-29-20)17-9-10-17)27(31-25)37-21-7-5-6-19(28)14-21/h5-7,11-12,14-15,17,22H,2-4,8-10,13,16H2,1H3. The first-order valence-corrected chi connectivity index (χ1v) is 12.6. The van der Waals surface area contributed by atoms with Gasteiger partial charge in [0.25, 0.3) is 0 Å². The molecule has 10 heteroatoms. The van der Waals surface area contributed by atoms with Gasteiger partial charge in [-0.2, -0.15) is 9.89 Å². The fraction of sp³-hybridized carbons (Fsp3) is 0.407. The lowest BCUT2D eigenvalue weighted by Crippen LogP contribution is -2.43. The van der Waals surface area contributed by atoms with E-state index in [0.29, 0.717) is 37.3 Å². The lowest BCUT2D eigenvalue weighted by molar-refractivity contribution is -0.121. The van der Waals surface area contributed by atoms with E-state index in [-0.39, 0.29) is 48.1 Å². The van der Waals surface area contributed by atoms with E-state index in [0.717, 1.165) is 0 Å². The molecule has 1 unspecified atom stereocenters. The Morgan fingerprint density at radius 3 is 2.68 bits per heavy atom. The van der Waals surface area contributed by atoms with Crippen LogP contribution in [0.5, 0.6) is 11.8 Å². The highest BCUT2D eigenvalue weighted by atomic mass is 19.1. The molecule has 3 heterocycles. The number of halogens is 1. The number of anilines is 1. The number of ether oxygens (including phenoxy) is 1. The number of unbranched alkanes of at least 4 members (excludes halogenated alkanes) is 2. The molecule has 9 nitrogen and oxygen atoms in total. The summed E-state index contributed by atoms with van der Waals surface area (Å²) in [5.41, 5.74) is 2.17. The zero-order valence-corrected chi connectivity index (χ0v) is 20.6. The number of carbonyl (C=O) groups is 2. The molecule has 3 aromatic rings. The third kappa shape index (κ3) is 5.28. The van der Waals surface area contributed by atoms with E-state index in [1.807, 2.05) is 18.3 Å². The number of Topliss-reactive ketones (excluding diaryl/α,β-unsaturated/α-hetero) is 1. The minimum Gasteiger partial charge on any atom is -0.425 e. The van der Waals surface area contributed by atoms with E-state index in [2.05, 4.69) is 15.1 Å². The molecule has 37 heavy (non-hydrogen) atoms. The Kier molecular flexibility index (Phi) is 7.07. The van der Waals surface area contributed by atoms with Crippen LogP contribution in [0.1, 0.15) is 66.2 Å².